The Morgan fingerprint density at radius 2 is 1.88 bits per heavy atom. The summed E-state index contributed by atoms with van der Waals surface area (Å²) in [5.41, 5.74) is 3.07. The number of benzene rings is 1. The van der Waals surface area contributed by atoms with Crippen molar-refractivity contribution in [1.82, 2.24) is 9.78 Å². The smallest absolute Gasteiger partial charge is 0.160 e. The van der Waals surface area contributed by atoms with Crippen molar-refractivity contribution >= 4 is 11.4 Å². The monoisotopic (exact) mass is 237 g/mol. The van der Waals surface area contributed by atoms with Crippen LogP contribution in [0.5, 0.6) is 0 Å². The van der Waals surface area contributed by atoms with Crippen LogP contribution in [0.15, 0.2) is 18.2 Å². The molecule has 2 aromatic rings. The molecule has 1 heterocycles. The normalized spacial score (nSPS) is 10.6. The van der Waals surface area contributed by atoms with Gasteiger partial charge in [-0.1, -0.05) is 0 Å². The molecule has 0 aliphatic rings. The summed E-state index contributed by atoms with van der Waals surface area (Å²) in [6, 6.07) is 3.71. The predicted octanol–water partition coefficient (Wildman–Crippen LogP) is 3.06. The molecule has 90 valence electrons. The molecule has 3 nitrogen and oxygen atoms in total. The van der Waals surface area contributed by atoms with Crippen molar-refractivity contribution in [1.29, 1.82) is 0 Å². The molecule has 1 aromatic heterocycles. The van der Waals surface area contributed by atoms with Gasteiger partial charge in [-0.05, 0) is 26.0 Å². The molecule has 0 bridgehead atoms. The highest BCUT2D eigenvalue weighted by molar-refractivity contribution is 5.64. The lowest BCUT2D eigenvalue weighted by Crippen LogP contribution is -1.96. The van der Waals surface area contributed by atoms with Gasteiger partial charge in [0.05, 0.1) is 17.1 Å². The topological polar surface area (TPSA) is 29.9 Å². The van der Waals surface area contributed by atoms with Crippen LogP contribution in [-0.2, 0) is 7.05 Å². The largest absolute Gasteiger partial charge is 0.352 e. The lowest BCUT2D eigenvalue weighted by atomic mass is 10.2. The number of halogens is 2. The SMILES string of the molecule is Cc1nn(C)c(C)c1Nc1ccc(F)c(F)c1. The first kappa shape index (κ1) is 11.6. The molecular weight excluding hydrogens is 224 g/mol. The summed E-state index contributed by atoms with van der Waals surface area (Å²) >= 11 is 0. The molecule has 5 heteroatoms. The van der Waals surface area contributed by atoms with Gasteiger partial charge in [-0.25, -0.2) is 8.78 Å². The van der Waals surface area contributed by atoms with Gasteiger partial charge in [0.1, 0.15) is 0 Å². The maximum absolute atomic E-state index is 13.1. The molecule has 1 N–H and O–H groups in total. The van der Waals surface area contributed by atoms with Crippen molar-refractivity contribution in [3.05, 3.63) is 41.2 Å². The number of nitrogens with one attached hydrogen (secondary N) is 1. The van der Waals surface area contributed by atoms with Gasteiger partial charge in [0, 0.05) is 18.8 Å². The summed E-state index contributed by atoms with van der Waals surface area (Å²) in [4.78, 5) is 0. The average Bonchev–Trinajstić information content (AvgIpc) is 2.50. The van der Waals surface area contributed by atoms with Crippen LogP contribution in [0.25, 0.3) is 0 Å². The molecule has 0 amide bonds. The maximum Gasteiger partial charge on any atom is 0.160 e. The summed E-state index contributed by atoms with van der Waals surface area (Å²) in [5.74, 6) is -1.72. The van der Waals surface area contributed by atoms with Gasteiger partial charge in [0.2, 0.25) is 0 Å². The van der Waals surface area contributed by atoms with E-state index in [-0.39, 0.29) is 0 Å². The summed E-state index contributed by atoms with van der Waals surface area (Å²) in [5, 5.41) is 7.27. The van der Waals surface area contributed by atoms with Crippen molar-refractivity contribution in [2.45, 2.75) is 13.8 Å². The first-order chi connectivity index (χ1) is 7.99. The van der Waals surface area contributed by atoms with E-state index >= 15 is 0 Å². The fraction of sp³-hybridized carbons (Fsp3) is 0.250. The van der Waals surface area contributed by atoms with Gasteiger partial charge in [0.15, 0.2) is 11.6 Å². The maximum atomic E-state index is 13.1. The number of aromatic nitrogens is 2. The van der Waals surface area contributed by atoms with Crippen LogP contribution in [-0.4, -0.2) is 9.78 Å². The molecule has 0 saturated carbocycles. The fourth-order valence-electron chi connectivity index (χ4n) is 1.67. The van der Waals surface area contributed by atoms with Crippen LogP contribution >= 0.6 is 0 Å². The zero-order valence-electron chi connectivity index (χ0n) is 9.88. The second kappa shape index (κ2) is 4.16. The molecule has 0 aliphatic heterocycles. The van der Waals surface area contributed by atoms with E-state index in [1.807, 2.05) is 20.9 Å². The zero-order valence-corrected chi connectivity index (χ0v) is 9.88. The molecular formula is C12H13F2N3. The third kappa shape index (κ3) is 2.13. The fourth-order valence-corrected chi connectivity index (χ4v) is 1.67. The van der Waals surface area contributed by atoms with Gasteiger partial charge in [-0.15, -0.1) is 0 Å². The number of hydrogen-bond acceptors (Lipinski definition) is 2. The first-order valence-electron chi connectivity index (χ1n) is 5.21. The van der Waals surface area contributed by atoms with E-state index in [1.54, 1.807) is 4.68 Å². The van der Waals surface area contributed by atoms with Crippen LogP contribution in [0.4, 0.5) is 20.2 Å². The number of hydrogen-bond donors (Lipinski definition) is 1. The van der Waals surface area contributed by atoms with E-state index in [4.69, 9.17) is 0 Å². The van der Waals surface area contributed by atoms with E-state index in [0.717, 1.165) is 29.2 Å². The molecule has 0 radical (unpaired) electrons. The highest BCUT2D eigenvalue weighted by atomic mass is 19.2. The molecule has 0 unspecified atom stereocenters. The molecule has 0 atom stereocenters. The second-order valence-corrected chi connectivity index (χ2v) is 3.92. The molecule has 0 saturated heterocycles. The van der Waals surface area contributed by atoms with Gasteiger partial charge >= 0.3 is 0 Å². The number of nitrogens with zero attached hydrogens (tertiary/aromatic N) is 2. The Morgan fingerprint density at radius 1 is 1.18 bits per heavy atom. The van der Waals surface area contributed by atoms with Crippen molar-refractivity contribution < 1.29 is 8.78 Å². The minimum atomic E-state index is -0.866. The summed E-state index contributed by atoms with van der Waals surface area (Å²) in [6.45, 7) is 3.76. The molecule has 0 spiro atoms. The van der Waals surface area contributed by atoms with Crippen molar-refractivity contribution in [3.8, 4) is 0 Å². The molecule has 2 rings (SSSR count). The first-order valence-corrected chi connectivity index (χ1v) is 5.21. The van der Waals surface area contributed by atoms with E-state index < -0.39 is 11.6 Å². The van der Waals surface area contributed by atoms with Crippen LogP contribution in [0.2, 0.25) is 0 Å². The minimum Gasteiger partial charge on any atom is -0.352 e. The highest BCUT2D eigenvalue weighted by Gasteiger charge is 2.10. The third-order valence-corrected chi connectivity index (χ3v) is 2.70. The molecule has 1 aromatic carbocycles. The van der Waals surface area contributed by atoms with E-state index in [0.29, 0.717) is 5.69 Å². The van der Waals surface area contributed by atoms with Crippen LogP contribution < -0.4 is 5.32 Å². The van der Waals surface area contributed by atoms with E-state index in [2.05, 4.69) is 10.4 Å². The van der Waals surface area contributed by atoms with Crippen LogP contribution in [0.3, 0.4) is 0 Å². The van der Waals surface area contributed by atoms with Gasteiger partial charge in [0.25, 0.3) is 0 Å². The Morgan fingerprint density at radius 3 is 2.41 bits per heavy atom. The minimum absolute atomic E-state index is 0.503. The molecule has 0 aliphatic carbocycles. The van der Waals surface area contributed by atoms with Gasteiger partial charge in [-0.3, -0.25) is 4.68 Å². The summed E-state index contributed by atoms with van der Waals surface area (Å²) in [6.07, 6.45) is 0. The Balaban J connectivity index is 2.34. The van der Waals surface area contributed by atoms with E-state index in [9.17, 15) is 8.78 Å². The van der Waals surface area contributed by atoms with Crippen molar-refractivity contribution in [2.24, 2.45) is 7.05 Å². The van der Waals surface area contributed by atoms with Crippen LogP contribution in [0, 0.1) is 25.5 Å². The zero-order chi connectivity index (χ0) is 12.6. The third-order valence-electron chi connectivity index (χ3n) is 2.70. The van der Waals surface area contributed by atoms with Crippen molar-refractivity contribution in [2.75, 3.05) is 5.32 Å². The highest BCUT2D eigenvalue weighted by Crippen LogP contribution is 2.24. The predicted molar refractivity (Wildman–Crippen MR) is 62.3 cm³/mol. The second-order valence-electron chi connectivity index (χ2n) is 3.92. The Kier molecular flexibility index (Phi) is 2.83. The standard InChI is InChI=1S/C12H13F2N3/c1-7-12(8(2)17(3)16-7)15-9-4-5-10(13)11(14)6-9/h4-6,15H,1-3H3. The number of rotatable bonds is 2. The quantitative estimate of drug-likeness (QED) is 0.870. The average molecular weight is 237 g/mol. The number of anilines is 2. The molecule has 17 heavy (non-hydrogen) atoms. The van der Waals surface area contributed by atoms with Gasteiger partial charge in [-0.2, -0.15) is 5.10 Å². The number of aryl methyl sites for hydroxylation is 2. The van der Waals surface area contributed by atoms with Crippen molar-refractivity contribution in [3.63, 3.8) is 0 Å². The Hall–Kier alpha value is -1.91. The van der Waals surface area contributed by atoms with Gasteiger partial charge < -0.3 is 5.32 Å². The lowest BCUT2D eigenvalue weighted by Gasteiger charge is -2.07. The van der Waals surface area contributed by atoms with E-state index in [1.165, 1.54) is 6.07 Å². The van der Waals surface area contributed by atoms with Crippen LogP contribution in [0.1, 0.15) is 11.4 Å². The summed E-state index contributed by atoms with van der Waals surface area (Å²) < 4.78 is 27.6. The lowest BCUT2D eigenvalue weighted by molar-refractivity contribution is 0.509. The summed E-state index contributed by atoms with van der Waals surface area (Å²) in [7, 11) is 1.83. The molecule has 0 fully saturated rings. The Labute approximate surface area is 98.1 Å². The Bertz CT molecular complexity index is 561.